The molecule has 8 nitrogen and oxygen atoms in total. The van der Waals surface area contributed by atoms with E-state index in [0.717, 1.165) is 29.2 Å². The minimum Gasteiger partial charge on any atom is -0.497 e. The fraction of sp³-hybridized carbons (Fsp3) is 0.292. The van der Waals surface area contributed by atoms with Crippen molar-refractivity contribution in [3.05, 3.63) is 77.6 Å². The van der Waals surface area contributed by atoms with Gasteiger partial charge in [-0.1, -0.05) is 12.1 Å². The molecule has 3 rings (SSSR count). The average Bonchev–Trinajstić information content (AvgIpc) is 3.30. The largest absolute Gasteiger partial charge is 0.497 e. The molecular weight excluding hydrogens is 531 g/mol. The first-order chi connectivity index (χ1) is 15.5. The molecule has 0 saturated carbocycles. The van der Waals surface area contributed by atoms with Crippen LogP contribution in [0.2, 0.25) is 0 Å². The Labute approximate surface area is 212 Å². The Kier molecular flexibility index (Phi) is 10.2. The summed E-state index contributed by atoms with van der Waals surface area (Å²) in [4.78, 5) is 18.2. The molecule has 176 valence electrons. The average molecular weight is 562 g/mol. The van der Waals surface area contributed by atoms with Gasteiger partial charge in [-0.2, -0.15) is 5.10 Å². The zero-order valence-electron chi connectivity index (χ0n) is 19.4. The standard InChI is InChI=1S/C24H30N6O2.HI/c1-5-25-24(26-16-18-6-8-19(9-7-18)23(31)29(2)3)27-17-20-14-15-30(28-20)21-10-12-22(32-4)13-11-21;/h6-15H,5,16-17H2,1-4H3,(H2,25,26,27);1H. The number of guanidine groups is 1. The van der Waals surface area contributed by atoms with Crippen LogP contribution in [0.5, 0.6) is 5.75 Å². The number of nitrogens with one attached hydrogen (secondary N) is 2. The Morgan fingerprint density at radius 1 is 1.06 bits per heavy atom. The number of hydrogen-bond donors (Lipinski definition) is 2. The van der Waals surface area contributed by atoms with Crippen molar-refractivity contribution in [2.24, 2.45) is 4.99 Å². The van der Waals surface area contributed by atoms with Gasteiger partial charge in [0.1, 0.15) is 5.75 Å². The highest BCUT2D eigenvalue weighted by molar-refractivity contribution is 14.0. The summed E-state index contributed by atoms with van der Waals surface area (Å²) in [6.45, 7) is 3.83. The van der Waals surface area contributed by atoms with Gasteiger partial charge in [0.15, 0.2) is 5.96 Å². The van der Waals surface area contributed by atoms with Crippen LogP contribution in [0.15, 0.2) is 65.8 Å². The second-order valence-corrected chi connectivity index (χ2v) is 7.39. The van der Waals surface area contributed by atoms with Gasteiger partial charge in [0, 0.05) is 32.4 Å². The Morgan fingerprint density at radius 2 is 1.76 bits per heavy atom. The molecule has 0 aliphatic carbocycles. The molecule has 1 heterocycles. The summed E-state index contributed by atoms with van der Waals surface area (Å²) in [5.74, 6) is 1.51. The van der Waals surface area contributed by atoms with Gasteiger partial charge in [-0.25, -0.2) is 9.67 Å². The van der Waals surface area contributed by atoms with Crippen molar-refractivity contribution < 1.29 is 9.53 Å². The van der Waals surface area contributed by atoms with Crippen LogP contribution in [0.4, 0.5) is 0 Å². The summed E-state index contributed by atoms with van der Waals surface area (Å²) < 4.78 is 7.03. The molecule has 33 heavy (non-hydrogen) atoms. The Morgan fingerprint density at radius 3 is 2.36 bits per heavy atom. The van der Waals surface area contributed by atoms with Gasteiger partial charge in [0.25, 0.3) is 5.91 Å². The monoisotopic (exact) mass is 562 g/mol. The quantitative estimate of drug-likeness (QED) is 0.250. The topological polar surface area (TPSA) is 83.8 Å². The van der Waals surface area contributed by atoms with E-state index in [1.807, 2.05) is 72.4 Å². The lowest BCUT2D eigenvalue weighted by atomic mass is 10.1. The van der Waals surface area contributed by atoms with Crippen LogP contribution in [0.1, 0.15) is 28.5 Å². The maximum atomic E-state index is 12.0. The molecule has 0 atom stereocenters. The fourth-order valence-electron chi connectivity index (χ4n) is 3.03. The third-order valence-corrected chi connectivity index (χ3v) is 4.79. The lowest BCUT2D eigenvalue weighted by molar-refractivity contribution is 0.0827. The van der Waals surface area contributed by atoms with E-state index in [1.165, 1.54) is 0 Å². The van der Waals surface area contributed by atoms with Crippen molar-refractivity contribution in [1.29, 1.82) is 0 Å². The summed E-state index contributed by atoms with van der Waals surface area (Å²) in [5, 5.41) is 11.2. The Balaban J connectivity index is 0.00000385. The van der Waals surface area contributed by atoms with Gasteiger partial charge >= 0.3 is 0 Å². The SMILES string of the molecule is CCNC(=NCc1ccc(C(=O)N(C)C)cc1)NCc1ccn(-c2ccc(OC)cc2)n1.I. The number of nitrogens with zero attached hydrogens (tertiary/aromatic N) is 4. The maximum Gasteiger partial charge on any atom is 0.253 e. The molecule has 3 aromatic rings. The first-order valence-corrected chi connectivity index (χ1v) is 10.5. The van der Waals surface area contributed by atoms with Crippen LogP contribution in [-0.2, 0) is 13.1 Å². The predicted octanol–water partition coefficient (Wildman–Crippen LogP) is 3.46. The Bertz CT molecular complexity index is 1050. The number of halogens is 1. The molecule has 2 N–H and O–H groups in total. The first kappa shape index (κ1) is 26.2. The molecule has 2 aromatic carbocycles. The number of carbonyl (C=O) groups is 1. The van der Waals surface area contributed by atoms with Crippen LogP contribution in [0, 0.1) is 0 Å². The maximum absolute atomic E-state index is 12.0. The molecule has 9 heteroatoms. The number of carbonyl (C=O) groups excluding carboxylic acids is 1. The van der Waals surface area contributed by atoms with Crippen molar-refractivity contribution in [1.82, 2.24) is 25.3 Å². The summed E-state index contributed by atoms with van der Waals surface area (Å²) >= 11 is 0. The molecular formula is C24H31IN6O2. The second-order valence-electron chi connectivity index (χ2n) is 7.39. The van der Waals surface area contributed by atoms with Gasteiger partial charge in [0.05, 0.1) is 31.6 Å². The lowest BCUT2D eigenvalue weighted by Crippen LogP contribution is -2.36. The summed E-state index contributed by atoms with van der Waals surface area (Å²) in [6.07, 6.45) is 1.93. The van der Waals surface area contributed by atoms with E-state index in [0.29, 0.717) is 24.6 Å². The second kappa shape index (κ2) is 12.8. The lowest BCUT2D eigenvalue weighted by Gasteiger charge is -2.11. The molecule has 0 fully saturated rings. The van der Waals surface area contributed by atoms with Crippen LogP contribution in [-0.4, -0.2) is 54.3 Å². The zero-order chi connectivity index (χ0) is 22.9. The first-order valence-electron chi connectivity index (χ1n) is 10.5. The van der Waals surface area contributed by atoms with Gasteiger partial charge in [-0.3, -0.25) is 4.79 Å². The van der Waals surface area contributed by atoms with Crippen molar-refractivity contribution in [2.75, 3.05) is 27.7 Å². The van der Waals surface area contributed by atoms with Gasteiger partial charge in [0.2, 0.25) is 0 Å². The number of rotatable bonds is 8. The molecule has 1 amide bonds. The zero-order valence-corrected chi connectivity index (χ0v) is 21.7. The molecule has 0 saturated heterocycles. The molecule has 0 bridgehead atoms. The minimum absolute atomic E-state index is 0. The highest BCUT2D eigenvalue weighted by atomic mass is 127. The smallest absolute Gasteiger partial charge is 0.253 e. The van der Waals surface area contributed by atoms with E-state index in [1.54, 1.807) is 26.1 Å². The van der Waals surface area contributed by atoms with E-state index in [4.69, 9.17) is 4.74 Å². The highest BCUT2D eigenvalue weighted by Gasteiger charge is 2.07. The molecule has 0 radical (unpaired) electrons. The van der Waals surface area contributed by atoms with Gasteiger partial charge in [-0.15, -0.1) is 24.0 Å². The van der Waals surface area contributed by atoms with Crippen LogP contribution >= 0.6 is 24.0 Å². The van der Waals surface area contributed by atoms with E-state index in [2.05, 4.69) is 20.7 Å². The molecule has 0 unspecified atom stereocenters. The number of methoxy groups -OCH3 is 1. The van der Waals surface area contributed by atoms with E-state index in [-0.39, 0.29) is 29.9 Å². The van der Waals surface area contributed by atoms with Crippen molar-refractivity contribution >= 4 is 35.8 Å². The van der Waals surface area contributed by atoms with Crippen LogP contribution in [0.3, 0.4) is 0 Å². The van der Waals surface area contributed by atoms with Crippen molar-refractivity contribution in [3.8, 4) is 11.4 Å². The Hall–Kier alpha value is -3.08. The number of aromatic nitrogens is 2. The minimum atomic E-state index is -0.0101. The van der Waals surface area contributed by atoms with Crippen molar-refractivity contribution in [3.63, 3.8) is 0 Å². The van der Waals surface area contributed by atoms with Crippen molar-refractivity contribution in [2.45, 2.75) is 20.0 Å². The van der Waals surface area contributed by atoms with Gasteiger partial charge in [-0.05, 0) is 55.0 Å². The summed E-state index contributed by atoms with van der Waals surface area (Å²) in [7, 11) is 5.14. The van der Waals surface area contributed by atoms with Crippen LogP contribution < -0.4 is 15.4 Å². The predicted molar refractivity (Wildman–Crippen MR) is 142 cm³/mol. The number of aliphatic imine (C=N–C) groups is 1. The number of ether oxygens (including phenoxy) is 1. The molecule has 0 spiro atoms. The summed E-state index contributed by atoms with van der Waals surface area (Å²) in [6, 6.07) is 17.3. The van der Waals surface area contributed by atoms with Gasteiger partial charge < -0.3 is 20.3 Å². The van der Waals surface area contributed by atoms with E-state index in [9.17, 15) is 4.79 Å². The number of amides is 1. The fourth-order valence-corrected chi connectivity index (χ4v) is 3.03. The molecule has 0 aliphatic heterocycles. The van der Waals surface area contributed by atoms with E-state index < -0.39 is 0 Å². The molecule has 1 aromatic heterocycles. The third kappa shape index (κ3) is 7.48. The molecule has 0 aliphatic rings. The third-order valence-electron chi connectivity index (χ3n) is 4.79. The number of hydrogen-bond acceptors (Lipinski definition) is 4. The number of benzene rings is 2. The van der Waals surface area contributed by atoms with E-state index >= 15 is 0 Å². The summed E-state index contributed by atoms with van der Waals surface area (Å²) in [5.41, 5.74) is 3.56. The highest BCUT2D eigenvalue weighted by Crippen LogP contribution is 2.14. The van der Waals surface area contributed by atoms with Crippen LogP contribution in [0.25, 0.3) is 5.69 Å². The normalized spacial score (nSPS) is 10.8.